The Balaban J connectivity index is 2.65. The number of piperazine rings is 1. The Hall–Kier alpha value is -1.14. The van der Waals surface area contributed by atoms with Gasteiger partial charge in [0.25, 0.3) is 0 Å². The number of rotatable bonds is 6. The molecule has 1 saturated heterocycles. The smallest absolute Gasteiger partial charge is 0.326 e. The van der Waals surface area contributed by atoms with E-state index < -0.39 is 17.6 Å². The Kier molecular flexibility index (Phi) is 5.75. The van der Waals surface area contributed by atoms with Crippen LogP contribution in [-0.4, -0.2) is 59.6 Å². The SMILES string of the molecule is CCCC(NC(=O)C(C)(C)N1CCNCC1)C(=O)O. The lowest BCUT2D eigenvalue weighted by molar-refractivity contribution is -0.144. The van der Waals surface area contributed by atoms with Crippen molar-refractivity contribution in [2.75, 3.05) is 26.2 Å². The highest BCUT2D eigenvalue weighted by Gasteiger charge is 2.36. The molecule has 6 nitrogen and oxygen atoms in total. The first-order valence-corrected chi connectivity index (χ1v) is 6.89. The molecule has 1 unspecified atom stereocenters. The lowest BCUT2D eigenvalue weighted by Gasteiger charge is -2.40. The molecule has 0 aliphatic carbocycles. The van der Waals surface area contributed by atoms with Gasteiger partial charge in [0.15, 0.2) is 0 Å². The number of hydrogen-bond donors (Lipinski definition) is 3. The quantitative estimate of drug-likeness (QED) is 0.635. The monoisotopic (exact) mass is 271 g/mol. The molecule has 1 atom stereocenters. The minimum absolute atomic E-state index is 0.213. The molecular formula is C13H25N3O3. The normalized spacial score (nSPS) is 18.9. The van der Waals surface area contributed by atoms with Gasteiger partial charge in [-0.3, -0.25) is 9.69 Å². The highest BCUT2D eigenvalue weighted by atomic mass is 16.4. The van der Waals surface area contributed by atoms with E-state index in [0.717, 1.165) is 32.6 Å². The molecule has 0 radical (unpaired) electrons. The molecule has 1 heterocycles. The summed E-state index contributed by atoms with van der Waals surface area (Å²) in [6.45, 7) is 8.90. The van der Waals surface area contributed by atoms with E-state index in [1.165, 1.54) is 0 Å². The number of aliphatic carboxylic acids is 1. The average Bonchev–Trinajstić information content (AvgIpc) is 2.38. The van der Waals surface area contributed by atoms with E-state index in [9.17, 15) is 9.59 Å². The molecule has 19 heavy (non-hydrogen) atoms. The summed E-state index contributed by atoms with van der Waals surface area (Å²) in [5.74, 6) is -1.18. The van der Waals surface area contributed by atoms with Crippen LogP contribution in [0.4, 0.5) is 0 Å². The van der Waals surface area contributed by atoms with Crippen molar-refractivity contribution in [3.63, 3.8) is 0 Å². The van der Waals surface area contributed by atoms with Crippen molar-refractivity contribution < 1.29 is 14.7 Å². The highest BCUT2D eigenvalue weighted by Crippen LogP contribution is 2.16. The van der Waals surface area contributed by atoms with Gasteiger partial charge >= 0.3 is 5.97 Å². The van der Waals surface area contributed by atoms with Gasteiger partial charge in [-0.05, 0) is 20.3 Å². The fourth-order valence-electron chi connectivity index (χ4n) is 2.25. The summed E-state index contributed by atoms with van der Waals surface area (Å²) in [6.07, 6.45) is 1.18. The molecule has 0 aromatic rings. The van der Waals surface area contributed by atoms with Crippen LogP contribution < -0.4 is 10.6 Å². The molecule has 1 rings (SSSR count). The molecular weight excluding hydrogens is 246 g/mol. The first-order valence-electron chi connectivity index (χ1n) is 6.89. The Bertz CT molecular complexity index is 325. The second kappa shape index (κ2) is 6.86. The van der Waals surface area contributed by atoms with E-state index in [0.29, 0.717) is 6.42 Å². The number of carbonyl (C=O) groups is 2. The lowest BCUT2D eigenvalue weighted by atomic mass is 9.99. The number of nitrogens with zero attached hydrogens (tertiary/aromatic N) is 1. The summed E-state index contributed by atoms with van der Waals surface area (Å²) in [5, 5.41) is 15.0. The van der Waals surface area contributed by atoms with Gasteiger partial charge in [-0.1, -0.05) is 13.3 Å². The van der Waals surface area contributed by atoms with Gasteiger partial charge in [-0.15, -0.1) is 0 Å². The molecule has 6 heteroatoms. The van der Waals surface area contributed by atoms with Crippen molar-refractivity contribution in [2.45, 2.75) is 45.2 Å². The maximum atomic E-state index is 12.3. The largest absolute Gasteiger partial charge is 0.480 e. The van der Waals surface area contributed by atoms with Crippen LogP contribution in [0.25, 0.3) is 0 Å². The predicted molar refractivity (Wildman–Crippen MR) is 73.0 cm³/mol. The number of carbonyl (C=O) groups excluding carboxylic acids is 1. The van der Waals surface area contributed by atoms with Gasteiger partial charge in [-0.2, -0.15) is 0 Å². The molecule has 1 fully saturated rings. The second-order valence-corrected chi connectivity index (χ2v) is 5.45. The van der Waals surface area contributed by atoms with Crippen molar-refractivity contribution in [3.8, 4) is 0 Å². The highest BCUT2D eigenvalue weighted by molar-refractivity contribution is 5.89. The molecule has 110 valence electrons. The van der Waals surface area contributed by atoms with E-state index in [-0.39, 0.29) is 5.91 Å². The summed E-state index contributed by atoms with van der Waals surface area (Å²) in [7, 11) is 0. The third-order valence-corrected chi connectivity index (χ3v) is 3.64. The molecule has 1 amide bonds. The molecule has 0 aromatic carbocycles. The summed E-state index contributed by atoms with van der Waals surface area (Å²) in [4.78, 5) is 25.5. The van der Waals surface area contributed by atoms with E-state index in [2.05, 4.69) is 15.5 Å². The zero-order valence-corrected chi connectivity index (χ0v) is 12.0. The van der Waals surface area contributed by atoms with Gasteiger partial charge in [0, 0.05) is 26.2 Å². The maximum absolute atomic E-state index is 12.3. The van der Waals surface area contributed by atoms with Crippen molar-refractivity contribution >= 4 is 11.9 Å². The molecule has 0 bridgehead atoms. The first-order chi connectivity index (χ1) is 8.89. The number of carboxylic acids is 1. The zero-order valence-electron chi connectivity index (χ0n) is 12.0. The van der Waals surface area contributed by atoms with Crippen molar-refractivity contribution in [1.82, 2.24) is 15.5 Å². The van der Waals surface area contributed by atoms with E-state index >= 15 is 0 Å². The lowest BCUT2D eigenvalue weighted by Crippen LogP contribution is -2.61. The van der Waals surface area contributed by atoms with Gasteiger partial charge in [0.1, 0.15) is 6.04 Å². The maximum Gasteiger partial charge on any atom is 0.326 e. The Labute approximate surface area is 114 Å². The zero-order chi connectivity index (χ0) is 14.5. The van der Waals surface area contributed by atoms with Gasteiger partial charge in [-0.25, -0.2) is 4.79 Å². The molecule has 1 aliphatic rings. The second-order valence-electron chi connectivity index (χ2n) is 5.45. The van der Waals surface area contributed by atoms with Crippen LogP contribution in [0.2, 0.25) is 0 Å². The molecule has 3 N–H and O–H groups in total. The van der Waals surface area contributed by atoms with Crippen LogP contribution in [0.15, 0.2) is 0 Å². The first kappa shape index (κ1) is 15.9. The molecule has 1 aliphatic heterocycles. The Morgan fingerprint density at radius 1 is 1.37 bits per heavy atom. The van der Waals surface area contributed by atoms with Crippen LogP contribution in [0, 0.1) is 0 Å². The predicted octanol–water partition coefficient (Wildman–Crippen LogP) is 0.0397. The fraction of sp³-hybridized carbons (Fsp3) is 0.846. The van der Waals surface area contributed by atoms with Crippen molar-refractivity contribution in [2.24, 2.45) is 0 Å². The van der Waals surface area contributed by atoms with E-state index in [1.807, 2.05) is 20.8 Å². The summed E-state index contributed by atoms with van der Waals surface area (Å²) >= 11 is 0. The van der Waals surface area contributed by atoms with Gasteiger partial charge < -0.3 is 15.7 Å². The number of nitrogens with one attached hydrogen (secondary N) is 2. The number of amides is 1. The van der Waals surface area contributed by atoms with Crippen LogP contribution >= 0.6 is 0 Å². The Morgan fingerprint density at radius 2 is 1.95 bits per heavy atom. The van der Waals surface area contributed by atoms with Crippen LogP contribution in [-0.2, 0) is 9.59 Å². The molecule has 0 aromatic heterocycles. The average molecular weight is 271 g/mol. The fourth-order valence-corrected chi connectivity index (χ4v) is 2.25. The minimum Gasteiger partial charge on any atom is -0.480 e. The minimum atomic E-state index is -0.966. The summed E-state index contributed by atoms with van der Waals surface area (Å²) in [5.41, 5.74) is -0.677. The number of hydrogen-bond acceptors (Lipinski definition) is 4. The summed E-state index contributed by atoms with van der Waals surface area (Å²) < 4.78 is 0. The van der Waals surface area contributed by atoms with E-state index in [4.69, 9.17) is 5.11 Å². The van der Waals surface area contributed by atoms with Crippen LogP contribution in [0.5, 0.6) is 0 Å². The number of carboxylic acid groups (broad SMARTS) is 1. The van der Waals surface area contributed by atoms with Crippen LogP contribution in [0.1, 0.15) is 33.6 Å². The molecule has 0 saturated carbocycles. The Morgan fingerprint density at radius 3 is 2.42 bits per heavy atom. The van der Waals surface area contributed by atoms with Crippen LogP contribution in [0.3, 0.4) is 0 Å². The van der Waals surface area contributed by atoms with Crippen molar-refractivity contribution in [3.05, 3.63) is 0 Å². The topological polar surface area (TPSA) is 81.7 Å². The third-order valence-electron chi connectivity index (χ3n) is 3.64. The third kappa shape index (κ3) is 4.18. The van der Waals surface area contributed by atoms with Gasteiger partial charge in [0.05, 0.1) is 5.54 Å². The standard InChI is InChI=1S/C13H25N3O3/c1-4-5-10(11(17)18)15-12(19)13(2,3)16-8-6-14-7-9-16/h10,14H,4-9H2,1-3H3,(H,15,19)(H,17,18). The van der Waals surface area contributed by atoms with Gasteiger partial charge in [0.2, 0.25) is 5.91 Å². The molecule has 0 spiro atoms. The van der Waals surface area contributed by atoms with E-state index in [1.54, 1.807) is 0 Å². The van der Waals surface area contributed by atoms with Crippen molar-refractivity contribution in [1.29, 1.82) is 0 Å². The summed E-state index contributed by atoms with van der Waals surface area (Å²) in [6, 6.07) is -0.792.